The molecule has 0 amide bonds. The Balaban J connectivity index is 1.38. The van der Waals surface area contributed by atoms with E-state index < -0.39 is 24.7 Å². The van der Waals surface area contributed by atoms with Gasteiger partial charge in [0.05, 0.1) is 18.3 Å². The summed E-state index contributed by atoms with van der Waals surface area (Å²) in [7, 11) is 0. The quantitative estimate of drug-likeness (QED) is 0.578. The first-order valence-electron chi connectivity index (χ1n) is 12.7. The van der Waals surface area contributed by atoms with Crippen molar-refractivity contribution in [3.63, 3.8) is 0 Å². The molecule has 1 saturated heterocycles. The van der Waals surface area contributed by atoms with Gasteiger partial charge in [-0.05, 0) is 81.0 Å². The summed E-state index contributed by atoms with van der Waals surface area (Å²) in [6.07, 6.45) is 6.28. The zero-order valence-corrected chi connectivity index (χ0v) is 20.0. The predicted molar refractivity (Wildman–Crippen MR) is 121 cm³/mol. The first-order chi connectivity index (χ1) is 15.5. The van der Waals surface area contributed by atoms with Crippen LogP contribution in [0.5, 0.6) is 0 Å². The highest BCUT2D eigenvalue weighted by atomic mass is 19.4. The van der Waals surface area contributed by atoms with E-state index in [0.717, 1.165) is 18.5 Å². The van der Waals surface area contributed by atoms with Gasteiger partial charge in [-0.25, -0.2) is 0 Å². The molecule has 1 heterocycles. The van der Waals surface area contributed by atoms with Crippen molar-refractivity contribution in [2.45, 2.75) is 96.3 Å². The van der Waals surface area contributed by atoms with Crippen LogP contribution in [-0.2, 0) is 4.74 Å². The van der Waals surface area contributed by atoms with Crippen LogP contribution in [0, 0.1) is 23.2 Å². The van der Waals surface area contributed by atoms with E-state index in [4.69, 9.17) is 0 Å². The Morgan fingerprint density at radius 2 is 1.88 bits per heavy atom. The van der Waals surface area contributed by atoms with E-state index >= 15 is 0 Å². The van der Waals surface area contributed by atoms with Crippen LogP contribution in [0.2, 0.25) is 0 Å². The number of rotatable bonds is 5. The normalized spacial score (nSPS) is 41.6. The van der Waals surface area contributed by atoms with Crippen LogP contribution in [0.15, 0.2) is 23.3 Å². The zero-order chi connectivity index (χ0) is 23.8. The number of fused-ring (bicyclic) bond motifs is 1. The second-order valence-corrected chi connectivity index (χ2v) is 11.3. The molecule has 4 nitrogen and oxygen atoms in total. The molecule has 0 aromatic rings. The molecule has 0 unspecified atom stereocenters. The summed E-state index contributed by atoms with van der Waals surface area (Å²) in [6, 6.07) is 0. The molecular weight excluding hydrogens is 431 g/mol. The lowest BCUT2D eigenvalue weighted by Crippen LogP contribution is -2.39. The highest BCUT2D eigenvalue weighted by molar-refractivity contribution is 5.26. The number of likely N-dealkylation sites (tertiary alicyclic amines) is 1. The molecule has 7 atom stereocenters. The minimum absolute atomic E-state index is 0.231. The maximum absolute atomic E-state index is 12.6. The second-order valence-electron chi connectivity index (χ2n) is 11.3. The fourth-order valence-electron chi connectivity index (χ4n) is 7.53. The van der Waals surface area contributed by atoms with Crippen LogP contribution in [0.3, 0.4) is 0 Å². The standard InChI is InChI=1S/C26H40F3NO3/c1-17(15-30-11-9-22(16-30)33-26(27,28)29)23-7-8-24-19(4-3-10-25(23,24)2)6-5-18-12-20(31)14-21(32)13-18/h5-6,17,20-24,31-32H,3-4,7-16H2,1-2H3/b18-5?,19-6+/t17-,20-,21+,22+,23-,24+,25-/m1/s1. The highest BCUT2D eigenvalue weighted by Crippen LogP contribution is 2.59. The van der Waals surface area contributed by atoms with Gasteiger partial charge in [-0.1, -0.05) is 37.1 Å². The second kappa shape index (κ2) is 10.00. The number of alkyl halides is 3. The molecule has 0 aromatic heterocycles. The highest BCUT2D eigenvalue weighted by Gasteiger charge is 2.51. The molecule has 3 aliphatic carbocycles. The third kappa shape index (κ3) is 6.03. The van der Waals surface area contributed by atoms with Crippen molar-refractivity contribution in [1.29, 1.82) is 0 Å². The lowest BCUT2D eigenvalue weighted by atomic mass is 9.61. The van der Waals surface area contributed by atoms with Gasteiger partial charge < -0.3 is 15.1 Å². The predicted octanol–water partition coefficient (Wildman–Crippen LogP) is 5.21. The van der Waals surface area contributed by atoms with Gasteiger partial charge in [0.2, 0.25) is 0 Å². The molecule has 0 aromatic carbocycles. The van der Waals surface area contributed by atoms with E-state index in [2.05, 4.69) is 35.6 Å². The van der Waals surface area contributed by atoms with Crippen LogP contribution in [-0.4, -0.2) is 59.4 Å². The van der Waals surface area contributed by atoms with Crippen LogP contribution in [0.4, 0.5) is 13.2 Å². The molecule has 188 valence electrons. The minimum atomic E-state index is -4.55. The van der Waals surface area contributed by atoms with Gasteiger partial charge in [-0.3, -0.25) is 4.74 Å². The molecule has 0 bridgehead atoms. The van der Waals surface area contributed by atoms with Crippen molar-refractivity contribution in [1.82, 2.24) is 4.90 Å². The fourth-order valence-corrected chi connectivity index (χ4v) is 7.53. The molecule has 2 N–H and O–H groups in total. The van der Waals surface area contributed by atoms with Crippen molar-refractivity contribution in [2.75, 3.05) is 19.6 Å². The van der Waals surface area contributed by atoms with E-state index in [-0.39, 0.29) is 5.41 Å². The van der Waals surface area contributed by atoms with E-state index in [0.29, 0.717) is 56.5 Å². The number of nitrogens with zero attached hydrogens (tertiary/aromatic N) is 1. The van der Waals surface area contributed by atoms with Gasteiger partial charge in [0.25, 0.3) is 0 Å². The van der Waals surface area contributed by atoms with Crippen molar-refractivity contribution in [2.24, 2.45) is 23.2 Å². The molecular formula is C26H40F3NO3. The summed E-state index contributed by atoms with van der Waals surface area (Å²) in [5.74, 6) is 1.56. The SMILES string of the molecule is C[C@H](CN1CC[C@H](OC(F)(F)F)C1)[C@H]1CC[C@H]2/C(=C/C=C3C[C@@H](O)C[C@@H](O)C3)CCC[C@]12C. The molecule has 7 heteroatoms. The number of halogens is 3. The van der Waals surface area contributed by atoms with E-state index in [9.17, 15) is 23.4 Å². The van der Waals surface area contributed by atoms with Gasteiger partial charge in [-0.15, -0.1) is 13.2 Å². The molecule has 3 saturated carbocycles. The smallest absolute Gasteiger partial charge is 0.393 e. The molecule has 4 aliphatic rings. The molecule has 1 aliphatic heterocycles. The lowest BCUT2D eigenvalue weighted by Gasteiger charge is -2.45. The number of aliphatic hydroxyl groups excluding tert-OH is 2. The molecule has 0 radical (unpaired) electrons. The van der Waals surface area contributed by atoms with Crippen LogP contribution in [0.1, 0.15) is 71.6 Å². The van der Waals surface area contributed by atoms with Crippen molar-refractivity contribution < 1.29 is 28.1 Å². The Morgan fingerprint density at radius 3 is 2.58 bits per heavy atom. The molecule has 33 heavy (non-hydrogen) atoms. The van der Waals surface area contributed by atoms with Gasteiger partial charge in [0, 0.05) is 19.6 Å². The number of aliphatic hydroxyl groups is 2. The minimum Gasteiger partial charge on any atom is -0.393 e. The first kappa shape index (κ1) is 25.2. The Labute approximate surface area is 195 Å². The average Bonchev–Trinajstić information content (AvgIpc) is 3.27. The van der Waals surface area contributed by atoms with Gasteiger partial charge in [0.15, 0.2) is 0 Å². The maximum atomic E-state index is 12.6. The summed E-state index contributed by atoms with van der Waals surface area (Å²) in [5.41, 5.74) is 2.86. The first-order valence-corrected chi connectivity index (χ1v) is 12.7. The topological polar surface area (TPSA) is 52.9 Å². The van der Waals surface area contributed by atoms with Gasteiger partial charge in [0.1, 0.15) is 0 Å². The number of hydrogen-bond acceptors (Lipinski definition) is 4. The van der Waals surface area contributed by atoms with Gasteiger partial charge in [-0.2, -0.15) is 0 Å². The largest absolute Gasteiger partial charge is 0.522 e. The third-order valence-corrected chi connectivity index (χ3v) is 8.87. The molecule has 4 fully saturated rings. The maximum Gasteiger partial charge on any atom is 0.522 e. The summed E-state index contributed by atoms with van der Waals surface area (Å²) in [4.78, 5) is 2.15. The monoisotopic (exact) mass is 471 g/mol. The summed E-state index contributed by atoms with van der Waals surface area (Å²) >= 11 is 0. The average molecular weight is 472 g/mol. The molecule has 4 rings (SSSR count). The summed E-state index contributed by atoms with van der Waals surface area (Å²) in [6.45, 7) is 6.59. The Kier molecular flexibility index (Phi) is 7.64. The lowest BCUT2D eigenvalue weighted by molar-refractivity contribution is -0.340. The van der Waals surface area contributed by atoms with E-state index in [1.807, 2.05) is 0 Å². The summed E-state index contributed by atoms with van der Waals surface area (Å²) < 4.78 is 41.9. The Hall–Kier alpha value is -0.890. The van der Waals surface area contributed by atoms with Crippen molar-refractivity contribution in [3.8, 4) is 0 Å². The number of hydrogen-bond donors (Lipinski definition) is 2. The van der Waals surface area contributed by atoms with Crippen molar-refractivity contribution in [3.05, 3.63) is 23.3 Å². The van der Waals surface area contributed by atoms with E-state index in [1.54, 1.807) is 0 Å². The Morgan fingerprint density at radius 1 is 1.15 bits per heavy atom. The number of ether oxygens (including phenoxy) is 1. The number of allylic oxidation sites excluding steroid dienone is 3. The molecule has 0 spiro atoms. The fraction of sp³-hybridized carbons (Fsp3) is 0.846. The van der Waals surface area contributed by atoms with Crippen LogP contribution < -0.4 is 0 Å². The van der Waals surface area contributed by atoms with Crippen molar-refractivity contribution >= 4 is 0 Å². The third-order valence-electron chi connectivity index (χ3n) is 8.87. The van der Waals surface area contributed by atoms with Gasteiger partial charge >= 0.3 is 6.36 Å². The Bertz CT molecular complexity index is 740. The van der Waals surface area contributed by atoms with Crippen LogP contribution in [0.25, 0.3) is 0 Å². The summed E-state index contributed by atoms with van der Waals surface area (Å²) in [5, 5.41) is 19.9. The van der Waals surface area contributed by atoms with E-state index in [1.165, 1.54) is 31.3 Å². The zero-order valence-electron chi connectivity index (χ0n) is 20.0. The van der Waals surface area contributed by atoms with Crippen LogP contribution >= 0.6 is 0 Å².